The Morgan fingerprint density at radius 2 is 1.75 bits per heavy atom. The highest BCUT2D eigenvalue weighted by molar-refractivity contribution is 5.98. The molecule has 0 aliphatic carbocycles. The van der Waals surface area contributed by atoms with Crippen molar-refractivity contribution < 1.29 is 9.59 Å². The quantitative estimate of drug-likeness (QED) is 0.116. The number of carbonyl (C=O) groups is 2. The maximum atomic E-state index is 11.2. The monoisotopic (exact) mass is 538 g/mol. The standard InChI is InChI=1S/C20H21N.C12H17N3O2.C2H4/c1-3-20(21)16-8-6-7-15(13-16)18-12-11-14(2)17-9-4-5-10-19(17)18;1-10-4-6-14-11(9-10)13-5-2-3-12(17)15-7-8-16;1-2/h4-13,20H,3,21H2,1-2H3;4,6,8-9H,2-3,5,7H2,1H3,(H,13,14)(H,15,17);1-2H2. The zero-order chi connectivity index (χ0) is 29.3. The van der Waals surface area contributed by atoms with Crippen LogP contribution in [0, 0.1) is 13.8 Å². The predicted octanol–water partition coefficient (Wildman–Crippen LogP) is 6.92. The van der Waals surface area contributed by atoms with Crippen LogP contribution >= 0.6 is 0 Å². The van der Waals surface area contributed by atoms with Crippen LogP contribution in [0.4, 0.5) is 5.82 Å². The van der Waals surface area contributed by atoms with Crippen molar-refractivity contribution >= 4 is 28.8 Å². The molecule has 3 aromatic carbocycles. The fourth-order valence-electron chi connectivity index (χ4n) is 4.22. The van der Waals surface area contributed by atoms with E-state index in [1.807, 2.05) is 19.1 Å². The van der Waals surface area contributed by atoms with E-state index in [1.54, 1.807) is 6.20 Å². The molecule has 6 heteroatoms. The number of nitrogens with zero attached hydrogens (tertiary/aromatic N) is 1. The number of aromatic nitrogens is 1. The van der Waals surface area contributed by atoms with Gasteiger partial charge in [0.15, 0.2) is 0 Å². The van der Waals surface area contributed by atoms with Crippen molar-refractivity contribution in [3.8, 4) is 11.1 Å². The number of nitrogens with one attached hydrogen (secondary N) is 2. The summed E-state index contributed by atoms with van der Waals surface area (Å²) in [5, 5.41) is 8.25. The largest absolute Gasteiger partial charge is 0.370 e. The lowest BCUT2D eigenvalue weighted by Gasteiger charge is -2.13. The molecule has 0 bridgehead atoms. The van der Waals surface area contributed by atoms with Gasteiger partial charge in [0.2, 0.25) is 5.91 Å². The molecule has 0 spiro atoms. The Balaban J connectivity index is 0.000000270. The molecule has 4 rings (SSSR count). The third-order valence-corrected chi connectivity index (χ3v) is 6.39. The second kappa shape index (κ2) is 17.3. The molecule has 1 aromatic heterocycles. The minimum atomic E-state index is -0.101. The predicted molar refractivity (Wildman–Crippen MR) is 168 cm³/mol. The average Bonchev–Trinajstić information content (AvgIpc) is 2.99. The van der Waals surface area contributed by atoms with E-state index >= 15 is 0 Å². The normalized spacial score (nSPS) is 10.8. The molecular weight excluding hydrogens is 496 g/mol. The zero-order valence-corrected chi connectivity index (χ0v) is 24.0. The molecule has 1 atom stereocenters. The summed E-state index contributed by atoms with van der Waals surface area (Å²) >= 11 is 0. The first-order valence-electron chi connectivity index (χ1n) is 13.6. The van der Waals surface area contributed by atoms with Gasteiger partial charge >= 0.3 is 0 Å². The molecule has 0 fully saturated rings. The van der Waals surface area contributed by atoms with Crippen LogP contribution in [0.15, 0.2) is 92.2 Å². The summed E-state index contributed by atoms with van der Waals surface area (Å²) in [5.74, 6) is 0.717. The van der Waals surface area contributed by atoms with Crippen LogP contribution in [0.1, 0.15) is 48.9 Å². The second-order valence-electron chi connectivity index (χ2n) is 9.34. The summed E-state index contributed by atoms with van der Waals surface area (Å²) < 4.78 is 0. The number of amides is 1. The SMILES string of the molecule is C=C.CCC(N)c1cccc(-c2ccc(C)c3ccccc23)c1.Cc1ccnc(NCCCC(=O)NCC=O)c1. The molecule has 0 saturated carbocycles. The van der Waals surface area contributed by atoms with Gasteiger partial charge in [-0.3, -0.25) is 4.79 Å². The molecule has 0 aliphatic heterocycles. The van der Waals surface area contributed by atoms with Gasteiger partial charge in [-0.05, 0) is 83.5 Å². The van der Waals surface area contributed by atoms with Crippen molar-refractivity contribution in [1.29, 1.82) is 0 Å². The zero-order valence-electron chi connectivity index (χ0n) is 24.0. The number of rotatable bonds is 10. The Labute approximate surface area is 238 Å². The Morgan fingerprint density at radius 3 is 2.45 bits per heavy atom. The molecule has 0 saturated heterocycles. The number of nitrogens with two attached hydrogens (primary N) is 1. The van der Waals surface area contributed by atoms with Crippen LogP contribution in [-0.4, -0.2) is 30.3 Å². The number of hydrogen-bond donors (Lipinski definition) is 3. The lowest BCUT2D eigenvalue weighted by atomic mass is 9.93. The summed E-state index contributed by atoms with van der Waals surface area (Å²) in [5.41, 5.74) is 12.4. The molecule has 4 N–H and O–H groups in total. The van der Waals surface area contributed by atoms with Gasteiger partial charge in [-0.1, -0.05) is 61.5 Å². The number of anilines is 1. The van der Waals surface area contributed by atoms with Gasteiger partial charge in [0.25, 0.3) is 0 Å². The highest BCUT2D eigenvalue weighted by atomic mass is 16.2. The molecule has 210 valence electrons. The van der Waals surface area contributed by atoms with Crippen LogP contribution in [0.5, 0.6) is 0 Å². The minimum absolute atomic E-state index is 0.0890. The van der Waals surface area contributed by atoms with Crippen molar-refractivity contribution in [2.45, 2.75) is 46.1 Å². The van der Waals surface area contributed by atoms with E-state index in [9.17, 15) is 9.59 Å². The highest BCUT2D eigenvalue weighted by Gasteiger charge is 2.08. The van der Waals surface area contributed by atoms with Crippen molar-refractivity contribution in [2.24, 2.45) is 5.73 Å². The van der Waals surface area contributed by atoms with E-state index in [0.29, 0.717) is 25.7 Å². The van der Waals surface area contributed by atoms with Crippen LogP contribution in [0.2, 0.25) is 0 Å². The lowest BCUT2D eigenvalue weighted by Crippen LogP contribution is -2.25. The first kappa shape index (κ1) is 31.9. The van der Waals surface area contributed by atoms with Crippen molar-refractivity contribution in [2.75, 3.05) is 18.4 Å². The number of carbonyl (C=O) groups excluding carboxylic acids is 2. The van der Waals surface area contributed by atoms with E-state index in [2.05, 4.69) is 103 Å². The van der Waals surface area contributed by atoms with Gasteiger partial charge in [-0.15, -0.1) is 13.2 Å². The van der Waals surface area contributed by atoms with Crippen LogP contribution in [0.25, 0.3) is 21.9 Å². The highest BCUT2D eigenvalue weighted by Crippen LogP contribution is 2.32. The van der Waals surface area contributed by atoms with Crippen molar-refractivity contribution in [3.05, 3.63) is 109 Å². The van der Waals surface area contributed by atoms with Gasteiger partial charge in [-0.2, -0.15) is 0 Å². The fraction of sp³-hybridized carbons (Fsp3) is 0.265. The maximum Gasteiger partial charge on any atom is 0.220 e. The first-order chi connectivity index (χ1) is 19.4. The number of fused-ring (bicyclic) bond motifs is 1. The smallest absolute Gasteiger partial charge is 0.220 e. The van der Waals surface area contributed by atoms with E-state index in [-0.39, 0.29) is 18.5 Å². The fourth-order valence-corrected chi connectivity index (χ4v) is 4.22. The molecule has 6 nitrogen and oxygen atoms in total. The molecule has 1 heterocycles. The van der Waals surface area contributed by atoms with Gasteiger partial charge in [0, 0.05) is 25.2 Å². The molecule has 1 unspecified atom stereocenters. The lowest BCUT2D eigenvalue weighted by molar-refractivity contribution is -0.122. The molecule has 40 heavy (non-hydrogen) atoms. The Hall–Kier alpha value is -4.29. The van der Waals surface area contributed by atoms with Gasteiger partial charge in [-0.25, -0.2) is 4.98 Å². The Morgan fingerprint density at radius 1 is 1.00 bits per heavy atom. The third-order valence-electron chi connectivity index (χ3n) is 6.39. The number of benzene rings is 3. The van der Waals surface area contributed by atoms with Crippen LogP contribution < -0.4 is 16.4 Å². The topological polar surface area (TPSA) is 97.1 Å². The van der Waals surface area contributed by atoms with E-state index in [1.165, 1.54) is 33.0 Å². The summed E-state index contributed by atoms with van der Waals surface area (Å²) in [4.78, 5) is 25.3. The average molecular weight is 539 g/mol. The van der Waals surface area contributed by atoms with E-state index in [0.717, 1.165) is 17.8 Å². The molecule has 0 aliphatic rings. The summed E-state index contributed by atoms with van der Waals surface area (Å²) in [6.45, 7) is 13.1. The van der Waals surface area contributed by atoms with Crippen LogP contribution in [-0.2, 0) is 9.59 Å². The number of aryl methyl sites for hydroxylation is 2. The molecule has 0 radical (unpaired) electrons. The van der Waals surface area contributed by atoms with Crippen molar-refractivity contribution in [1.82, 2.24) is 10.3 Å². The van der Waals surface area contributed by atoms with Gasteiger partial charge < -0.3 is 21.2 Å². The Kier molecular flexibility index (Phi) is 13.8. The van der Waals surface area contributed by atoms with E-state index < -0.39 is 0 Å². The van der Waals surface area contributed by atoms with Crippen LogP contribution in [0.3, 0.4) is 0 Å². The number of aldehydes is 1. The number of hydrogen-bond acceptors (Lipinski definition) is 5. The van der Waals surface area contributed by atoms with E-state index in [4.69, 9.17) is 5.73 Å². The van der Waals surface area contributed by atoms with Gasteiger partial charge in [0.05, 0.1) is 6.54 Å². The van der Waals surface area contributed by atoms with Crippen molar-refractivity contribution in [3.63, 3.8) is 0 Å². The molecular formula is C34H42N4O2. The minimum Gasteiger partial charge on any atom is -0.370 e. The molecule has 1 amide bonds. The Bertz CT molecular complexity index is 1370. The number of pyridine rings is 1. The summed E-state index contributed by atoms with van der Waals surface area (Å²) in [6.07, 6.45) is 4.49. The third kappa shape index (κ3) is 9.79. The molecule has 4 aromatic rings. The summed E-state index contributed by atoms with van der Waals surface area (Å²) in [6, 6.07) is 25.6. The van der Waals surface area contributed by atoms with Gasteiger partial charge in [0.1, 0.15) is 12.1 Å². The second-order valence-corrected chi connectivity index (χ2v) is 9.34. The maximum absolute atomic E-state index is 11.2. The summed E-state index contributed by atoms with van der Waals surface area (Å²) in [7, 11) is 0. The first-order valence-corrected chi connectivity index (χ1v) is 13.6.